The lowest BCUT2D eigenvalue weighted by molar-refractivity contribution is 0.148. The molecule has 1 aliphatic rings. The summed E-state index contributed by atoms with van der Waals surface area (Å²) in [5.41, 5.74) is 0. The zero-order valence-corrected chi connectivity index (χ0v) is 8.66. The molecule has 1 unspecified atom stereocenters. The number of hydrogen-bond acceptors (Lipinski definition) is 3. The number of thioether (sulfide) groups is 1. The van der Waals surface area contributed by atoms with Gasteiger partial charge in [-0.1, -0.05) is 0 Å². The molecule has 0 bridgehead atoms. The highest BCUT2D eigenvalue weighted by Crippen LogP contribution is 2.22. The minimum atomic E-state index is 0.834. The summed E-state index contributed by atoms with van der Waals surface area (Å²) < 4.78 is 5.23. The van der Waals surface area contributed by atoms with Gasteiger partial charge in [-0.2, -0.15) is 11.8 Å². The van der Waals surface area contributed by atoms with Gasteiger partial charge in [0.2, 0.25) is 0 Å². The van der Waals surface area contributed by atoms with Crippen molar-refractivity contribution in [3.05, 3.63) is 0 Å². The van der Waals surface area contributed by atoms with Crippen LogP contribution >= 0.6 is 11.8 Å². The number of nitrogens with one attached hydrogen (secondary N) is 1. The maximum Gasteiger partial charge on any atom is 0.0590 e. The highest BCUT2D eigenvalue weighted by Gasteiger charge is 2.13. The van der Waals surface area contributed by atoms with Crippen LogP contribution in [0.3, 0.4) is 0 Å². The van der Waals surface area contributed by atoms with Crippen molar-refractivity contribution < 1.29 is 4.74 Å². The Balaban J connectivity index is 1.81. The van der Waals surface area contributed by atoms with Crippen LogP contribution in [-0.2, 0) is 4.74 Å². The first-order valence-electron chi connectivity index (χ1n) is 4.79. The Morgan fingerprint density at radius 1 is 1.58 bits per heavy atom. The predicted molar refractivity (Wildman–Crippen MR) is 54.8 cm³/mol. The van der Waals surface area contributed by atoms with Crippen LogP contribution in [0, 0.1) is 5.92 Å². The van der Waals surface area contributed by atoms with E-state index in [0.717, 1.165) is 25.7 Å². The fraction of sp³-hybridized carbons (Fsp3) is 1.00. The standard InChI is InChI=1S/C9H19NOS/c1-2-11-5-4-10-7-9-3-6-12-8-9/h9-10H,2-8H2,1H3. The Hall–Kier alpha value is 0.270. The van der Waals surface area contributed by atoms with Crippen molar-refractivity contribution in [1.29, 1.82) is 0 Å². The summed E-state index contributed by atoms with van der Waals surface area (Å²) in [5.74, 6) is 3.62. The van der Waals surface area contributed by atoms with Crippen molar-refractivity contribution in [2.45, 2.75) is 13.3 Å². The van der Waals surface area contributed by atoms with Crippen molar-refractivity contribution in [3.63, 3.8) is 0 Å². The molecule has 1 saturated heterocycles. The second-order valence-corrected chi connectivity index (χ2v) is 4.28. The summed E-state index contributed by atoms with van der Waals surface area (Å²) in [5, 5.41) is 3.42. The van der Waals surface area contributed by atoms with Gasteiger partial charge in [0.25, 0.3) is 0 Å². The summed E-state index contributed by atoms with van der Waals surface area (Å²) in [7, 11) is 0. The van der Waals surface area contributed by atoms with Crippen molar-refractivity contribution in [1.82, 2.24) is 5.32 Å². The van der Waals surface area contributed by atoms with Crippen LogP contribution in [0.25, 0.3) is 0 Å². The second kappa shape index (κ2) is 6.75. The van der Waals surface area contributed by atoms with E-state index in [9.17, 15) is 0 Å². The van der Waals surface area contributed by atoms with Gasteiger partial charge in [-0.05, 0) is 37.3 Å². The molecule has 0 aliphatic carbocycles. The van der Waals surface area contributed by atoms with Gasteiger partial charge in [-0.3, -0.25) is 0 Å². The van der Waals surface area contributed by atoms with E-state index in [1.165, 1.54) is 24.5 Å². The van der Waals surface area contributed by atoms with E-state index >= 15 is 0 Å². The molecule has 0 spiro atoms. The molecule has 0 radical (unpaired) electrons. The van der Waals surface area contributed by atoms with E-state index in [0.29, 0.717) is 0 Å². The third kappa shape index (κ3) is 4.33. The van der Waals surface area contributed by atoms with Gasteiger partial charge >= 0.3 is 0 Å². The summed E-state index contributed by atoms with van der Waals surface area (Å²) in [6, 6.07) is 0. The number of ether oxygens (including phenoxy) is 1. The van der Waals surface area contributed by atoms with Crippen LogP contribution in [0.5, 0.6) is 0 Å². The molecule has 1 heterocycles. The first kappa shape index (κ1) is 10.4. The molecule has 0 saturated carbocycles. The normalized spacial score (nSPS) is 23.2. The lowest BCUT2D eigenvalue weighted by Crippen LogP contribution is -2.26. The Kier molecular flexibility index (Phi) is 5.82. The van der Waals surface area contributed by atoms with Gasteiger partial charge in [0.1, 0.15) is 0 Å². The summed E-state index contributed by atoms with van der Waals surface area (Å²) >= 11 is 2.08. The molecule has 1 atom stereocenters. The molecule has 0 aromatic heterocycles. The van der Waals surface area contributed by atoms with Crippen molar-refractivity contribution in [2.24, 2.45) is 5.92 Å². The van der Waals surface area contributed by atoms with E-state index in [2.05, 4.69) is 17.1 Å². The first-order valence-corrected chi connectivity index (χ1v) is 5.95. The van der Waals surface area contributed by atoms with Crippen LogP contribution < -0.4 is 5.32 Å². The summed E-state index contributed by atoms with van der Waals surface area (Å²) in [6.45, 7) is 5.92. The maximum absolute atomic E-state index is 5.23. The van der Waals surface area contributed by atoms with Gasteiger partial charge in [-0.15, -0.1) is 0 Å². The van der Waals surface area contributed by atoms with E-state index in [-0.39, 0.29) is 0 Å². The van der Waals surface area contributed by atoms with Crippen LogP contribution in [0.2, 0.25) is 0 Å². The quantitative estimate of drug-likeness (QED) is 0.638. The molecule has 0 amide bonds. The van der Waals surface area contributed by atoms with Gasteiger partial charge < -0.3 is 10.1 Å². The summed E-state index contributed by atoms with van der Waals surface area (Å²) in [6.07, 6.45) is 1.40. The number of rotatable bonds is 6. The van der Waals surface area contributed by atoms with E-state index < -0.39 is 0 Å². The molecule has 1 N–H and O–H groups in total. The molecule has 1 aliphatic heterocycles. The van der Waals surface area contributed by atoms with Gasteiger partial charge in [0.15, 0.2) is 0 Å². The van der Waals surface area contributed by atoms with Crippen LogP contribution in [0.1, 0.15) is 13.3 Å². The van der Waals surface area contributed by atoms with Gasteiger partial charge in [0.05, 0.1) is 6.61 Å². The molecule has 12 heavy (non-hydrogen) atoms. The average molecular weight is 189 g/mol. The molecule has 2 nitrogen and oxygen atoms in total. The zero-order chi connectivity index (χ0) is 8.65. The summed E-state index contributed by atoms with van der Waals surface area (Å²) in [4.78, 5) is 0. The minimum absolute atomic E-state index is 0.834. The third-order valence-corrected chi connectivity index (χ3v) is 3.32. The zero-order valence-electron chi connectivity index (χ0n) is 7.84. The van der Waals surface area contributed by atoms with Gasteiger partial charge in [0, 0.05) is 13.2 Å². The monoisotopic (exact) mass is 189 g/mol. The Morgan fingerprint density at radius 2 is 2.50 bits per heavy atom. The fourth-order valence-corrected chi connectivity index (χ4v) is 2.62. The minimum Gasteiger partial charge on any atom is -0.380 e. The highest BCUT2D eigenvalue weighted by molar-refractivity contribution is 7.99. The Bertz CT molecular complexity index is 105. The first-order chi connectivity index (χ1) is 5.93. The van der Waals surface area contributed by atoms with Crippen molar-refractivity contribution >= 4 is 11.8 Å². The van der Waals surface area contributed by atoms with Crippen molar-refractivity contribution in [2.75, 3.05) is 37.8 Å². The largest absolute Gasteiger partial charge is 0.380 e. The third-order valence-electron chi connectivity index (χ3n) is 2.08. The SMILES string of the molecule is CCOCCNCC1CCSC1. The van der Waals surface area contributed by atoms with Crippen LogP contribution in [0.4, 0.5) is 0 Å². The lowest BCUT2D eigenvalue weighted by atomic mass is 10.1. The second-order valence-electron chi connectivity index (χ2n) is 3.13. The molecule has 1 rings (SSSR count). The maximum atomic E-state index is 5.23. The molecule has 72 valence electrons. The van der Waals surface area contributed by atoms with E-state index in [4.69, 9.17) is 4.74 Å². The molecular weight excluding hydrogens is 170 g/mol. The van der Waals surface area contributed by atoms with Crippen LogP contribution in [-0.4, -0.2) is 37.8 Å². The smallest absolute Gasteiger partial charge is 0.0590 e. The molecule has 0 aromatic carbocycles. The average Bonchev–Trinajstić information content (AvgIpc) is 2.57. The molecular formula is C9H19NOS. The lowest BCUT2D eigenvalue weighted by Gasteiger charge is -2.09. The molecule has 3 heteroatoms. The van der Waals surface area contributed by atoms with E-state index in [1.54, 1.807) is 0 Å². The Labute approximate surface area is 79.4 Å². The van der Waals surface area contributed by atoms with Crippen molar-refractivity contribution in [3.8, 4) is 0 Å². The fourth-order valence-electron chi connectivity index (χ4n) is 1.34. The van der Waals surface area contributed by atoms with Crippen LogP contribution in [0.15, 0.2) is 0 Å². The topological polar surface area (TPSA) is 21.3 Å². The molecule has 1 fully saturated rings. The van der Waals surface area contributed by atoms with E-state index in [1.807, 2.05) is 6.92 Å². The predicted octanol–water partition coefficient (Wildman–Crippen LogP) is 1.37. The Morgan fingerprint density at radius 3 is 3.17 bits per heavy atom. The molecule has 0 aromatic rings. The number of hydrogen-bond donors (Lipinski definition) is 1. The van der Waals surface area contributed by atoms with Gasteiger partial charge in [-0.25, -0.2) is 0 Å². The highest BCUT2D eigenvalue weighted by atomic mass is 32.2.